The number of anilines is 2. The highest BCUT2D eigenvalue weighted by Crippen LogP contribution is 2.23. The number of nitro benzene ring substituents is 1. The van der Waals surface area contributed by atoms with Crippen molar-refractivity contribution in [1.82, 2.24) is 0 Å². The predicted molar refractivity (Wildman–Crippen MR) is 107 cm³/mol. The molecule has 1 amide bonds. The summed E-state index contributed by atoms with van der Waals surface area (Å²) >= 11 is 5.89. The molecule has 0 bridgehead atoms. The third-order valence-corrected chi connectivity index (χ3v) is 4.05. The number of nitrogens with zero attached hydrogens (tertiary/aromatic N) is 1. The highest BCUT2D eigenvalue weighted by atomic mass is 35.5. The van der Waals surface area contributed by atoms with E-state index >= 15 is 0 Å². The van der Waals surface area contributed by atoms with Gasteiger partial charge in [0.2, 0.25) is 0 Å². The van der Waals surface area contributed by atoms with E-state index in [0.717, 1.165) is 5.56 Å². The minimum Gasteiger partial charge on any atom is -0.456 e. The molecule has 2 N–H and O–H groups in total. The Morgan fingerprint density at radius 2 is 1.93 bits per heavy atom. The number of aryl methyl sites for hydroxylation is 1. The summed E-state index contributed by atoms with van der Waals surface area (Å²) in [6.07, 6.45) is 0.483. The lowest BCUT2D eigenvalue weighted by Crippen LogP contribution is -2.21. The quantitative estimate of drug-likeness (QED) is 0.283. The zero-order chi connectivity index (χ0) is 20.5. The number of rotatable bonds is 9. The molecule has 0 atom stereocenters. The summed E-state index contributed by atoms with van der Waals surface area (Å²) < 4.78 is 4.94. The molecule has 148 valence electrons. The molecule has 2 aromatic carbocycles. The molecule has 2 rings (SSSR count). The number of carbonyl (C=O) groups excluding carboxylic acids is 2. The number of nitro groups is 1. The molecule has 0 spiro atoms. The van der Waals surface area contributed by atoms with E-state index in [4.69, 9.17) is 16.3 Å². The highest BCUT2D eigenvalue weighted by molar-refractivity contribution is 6.31. The Bertz CT molecular complexity index is 872. The van der Waals surface area contributed by atoms with E-state index in [1.165, 1.54) is 6.07 Å². The Morgan fingerprint density at radius 1 is 1.18 bits per heavy atom. The maximum Gasteiger partial charge on any atom is 0.306 e. The fourth-order valence-electron chi connectivity index (χ4n) is 2.37. The topological polar surface area (TPSA) is 111 Å². The lowest BCUT2D eigenvalue weighted by molar-refractivity contribution is -0.384. The molecule has 28 heavy (non-hydrogen) atoms. The van der Waals surface area contributed by atoms with Crippen LogP contribution < -0.4 is 10.6 Å². The Hall–Kier alpha value is -3.13. The van der Waals surface area contributed by atoms with Crippen molar-refractivity contribution in [2.45, 2.75) is 19.8 Å². The maximum absolute atomic E-state index is 11.9. The molecule has 0 heterocycles. The lowest BCUT2D eigenvalue weighted by Gasteiger charge is -2.10. The van der Waals surface area contributed by atoms with Crippen molar-refractivity contribution >= 4 is 40.5 Å². The number of benzene rings is 2. The summed E-state index contributed by atoms with van der Waals surface area (Å²) in [4.78, 5) is 34.1. The van der Waals surface area contributed by atoms with Gasteiger partial charge in [-0.1, -0.05) is 29.8 Å². The number of nitrogens with one attached hydrogen (secondary N) is 2. The van der Waals surface area contributed by atoms with E-state index in [-0.39, 0.29) is 12.1 Å². The summed E-state index contributed by atoms with van der Waals surface area (Å²) in [7, 11) is 0. The van der Waals surface area contributed by atoms with Crippen molar-refractivity contribution in [2.75, 3.05) is 23.8 Å². The molecule has 0 saturated carbocycles. The van der Waals surface area contributed by atoms with Gasteiger partial charge in [0.15, 0.2) is 6.61 Å². The normalized spacial score (nSPS) is 10.2. The monoisotopic (exact) mass is 405 g/mol. The molecule has 0 saturated heterocycles. The van der Waals surface area contributed by atoms with Gasteiger partial charge in [0.25, 0.3) is 11.6 Å². The van der Waals surface area contributed by atoms with E-state index in [0.29, 0.717) is 29.4 Å². The van der Waals surface area contributed by atoms with Gasteiger partial charge in [-0.3, -0.25) is 19.7 Å². The summed E-state index contributed by atoms with van der Waals surface area (Å²) in [5.74, 6) is -0.987. The molecule has 0 radical (unpaired) electrons. The number of carbonyl (C=O) groups is 2. The third-order valence-electron chi connectivity index (χ3n) is 3.81. The number of para-hydroxylation sites is 2. The highest BCUT2D eigenvalue weighted by Gasteiger charge is 2.12. The van der Waals surface area contributed by atoms with Crippen molar-refractivity contribution in [1.29, 1.82) is 0 Å². The van der Waals surface area contributed by atoms with Crippen LogP contribution in [0.25, 0.3) is 0 Å². The SMILES string of the molecule is Cc1ccc(Cl)cc1NC(=O)COC(=O)CCCNc1ccccc1[N+](=O)[O-]. The molecule has 2 aromatic rings. The van der Waals surface area contributed by atoms with Gasteiger partial charge in [-0.15, -0.1) is 0 Å². The maximum atomic E-state index is 11.9. The number of halogens is 1. The molecular formula is C19H20ClN3O5. The van der Waals surface area contributed by atoms with Crippen LogP contribution in [-0.2, 0) is 14.3 Å². The van der Waals surface area contributed by atoms with Gasteiger partial charge in [-0.2, -0.15) is 0 Å². The molecule has 0 aliphatic rings. The summed E-state index contributed by atoms with van der Waals surface area (Å²) in [5, 5.41) is 17.0. The summed E-state index contributed by atoms with van der Waals surface area (Å²) in [5.41, 5.74) is 1.75. The Kier molecular flexibility index (Phi) is 7.76. The molecule has 0 aliphatic carbocycles. The number of amides is 1. The first kappa shape index (κ1) is 21.2. The van der Waals surface area contributed by atoms with E-state index in [1.807, 2.05) is 6.92 Å². The van der Waals surface area contributed by atoms with Crippen molar-refractivity contribution in [2.24, 2.45) is 0 Å². The van der Waals surface area contributed by atoms with E-state index in [1.54, 1.807) is 36.4 Å². The van der Waals surface area contributed by atoms with Crippen LogP contribution in [0.3, 0.4) is 0 Å². The second-order valence-corrected chi connectivity index (χ2v) is 6.41. The van der Waals surface area contributed by atoms with Crippen LogP contribution in [0.5, 0.6) is 0 Å². The third kappa shape index (κ3) is 6.55. The number of hydrogen-bond donors (Lipinski definition) is 2. The summed E-state index contributed by atoms with van der Waals surface area (Å²) in [6, 6.07) is 11.4. The first-order valence-corrected chi connectivity index (χ1v) is 8.93. The first-order valence-electron chi connectivity index (χ1n) is 8.55. The molecule has 8 nitrogen and oxygen atoms in total. The van der Waals surface area contributed by atoms with Crippen LogP contribution >= 0.6 is 11.6 Å². The summed E-state index contributed by atoms with van der Waals surface area (Å²) in [6.45, 7) is 1.78. The van der Waals surface area contributed by atoms with Crippen LogP contribution in [-0.4, -0.2) is 30.0 Å². The van der Waals surface area contributed by atoms with Gasteiger partial charge in [0, 0.05) is 29.7 Å². The molecule has 0 aromatic heterocycles. The van der Waals surface area contributed by atoms with Crippen molar-refractivity contribution < 1.29 is 19.2 Å². The fraction of sp³-hybridized carbons (Fsp3) is 0.263. The number of ether oxygens (including phenoxy) is 1. The average molecular weight is 406 g/mol. The molecule has 0 aliphatic heterocycles. The van der Waals surface area contributed by atoms with Crippen LogP contribution in [0.1, 0.15) is 18.4 Å². The Labute approximate surface area is 167 Å². The van der Waals surface area contributed by atoms with E-state index < -0.39 is 23.4 Å². The minimum atomic E-state index is -0.526. The van der Waals surface area contributed by atoms with Gasteiger partial charge < -0.3 is 15.4 Å². The molecule has 0 fully saturated rings. The number of hydrogen-bond acceptors (Lipinski definition) is 6. The van der Waals surface area contributed by atoms with Gasteiger partial charge in [-0.25, -0.2) is 0 Å². The van der Waals surface area contributed by atoms with Crippen LogP contribution in [0.2, 0.25) is 5.02 Å². The lowest BCUT2D eigenvalue weighted by atomic mass is 10.2. The van der Waals surface area contributed by atoms with Crippen LogP contribution in [0, 0.1) is 17.0 Å². The van der Waals surface area contributed by atoms with Crippen LogP contribution in [0.4, 0.5) is 17.1 Å². The second-order valence-electron chi connectivity index (χ2n) is 5.97. The van der Waals surface area contributed by atoms with Crippen molar-refractivity contribution in [3.05, 3.63) is 63.2 Å². The van der Waals surface area contributed by atoms with Crippen molar-refractivity contribution in [3.8, 4) is 0 Å². The largest absolute Gasteiger partial charge is 0.456 e. The zero-order valence-corrected chi connectivity index (χ0v) is 16.0. The van der Waals surface area contributed by atoms with Gasteiger partial charge in [0.05, 0.1) is 4.92 Å². The standard InChI is InChI=1S/C19H20ClN3O5/c1-13-8-9-14(20)11-16(13)22-18(24)12-28-19(25)7-4-10-21-15-5-2-3-6-17(15)23(26)27/h2-3,5-6,8-9,11,21H,4,7,10,12H2,1H3,(H,22,24). The predicted octanol–water partition coefficient (Wildman–Crippen LogP) is 3.93. The minimum absolute atomic E-state index is 0.0296. The second kappa shape index (κ2) is 10.3. The smallest absolute Gasteiger partial charge is 0.306 e. The average Bonchev–Trinajstić information content (AvgIpc) is 2.66. The molecular weight excluding hydrogens is 386 g/mol. The van der Waals surface area contributed by atoms with Gasteiger partial charge >= 0.3 is 5.97 Å². The Morgan fingerprint density at radius 3 is 2.68 bits per heavy atom. The molecule has 0 unspecified atom stereocenters. The van der Waals surface area contributed by atoms with E-state index in [9.17, 15) is 19.7 Å². The van der Waals surface area contributed by atoms with Gasteiger partial charge in [0.1, 0.15) is 5.69 Å². The molecule has 9 heteroatoms. The zero-order valence-electron chi connectivity index (χ0n) is 15.2. The van der Waals surface area contributed by atoms with Crippen LogP contribution in [0.15, 0.2) is 42.5 Å². The first-order chi connectivity index (χ1) is 13.4. The fourth-order valence-corrected chi connectivity index (χ4v) is 2.54. The van der Waals surface area contributed by atoms with Gasteiger partial charge in [-0.05, 0) is 37.1 Å². The number of esters is 1. The van der Waals surface area contributed by atoms with E-state index in [2.05, 4.69) is 10.6 Å². The van der Waals surface area contributed by atoms with Crippen molar-refractivity contribution in [3.63, 3.8) is 0 Å². The Balaban J connectivity index is 1.69.